The van der Waals surface area contributed by atoms with E-state index in [2.05, 4.69) is 6.08 Å². The van der Waals surface area contributed by atoms with E-state index in [9.17, 15) is 4.79 Å². The summed E-state index contributed by atoms with van der Waals surface area (Å²) < 4.78 is 5.88. The normalized spacial score (nSPS) is 15.3. The molecule has 1 atom stereocenters. The molecule has 0 aromatic heterocycles. The molecule has 2 N–H and O–H groups in total. The van der Waals surface area contributed by atoms with E-state index in [1.165, 1.54) is 0 Å². The molecule has 1 aliphatic rings. The molecule has 3 aromatic rings. The van der Waals surface area contributed by atoms with Crippen LogP contribution in [0.15, 0.2) is 78.9 Å². The Bertz CT molecular complexity index is 1050. The summed E-state index contributed by atoms with van der Waals surface area (Å²) in [6, 6.07) is 23.3. The molecule has 0 radical (unpaired) electrons. The summed E-state index contributed by atoms with van der Waals surface area (Å²) in [6.07, 6.45) is 3.73. The Balaban J connectivity index is 0.00000141. The van der Waals surface area contributed by atoms with Crippen LogP contribution in [0.25, 0.3) is 5.57 Å². The van der Waals surface area contributed by atoms with Crippen LogP contribution in [-0.2, 0) is 11.4 Å². The lowest BCUT2D eigenvalue weighted by Crippen LogP contribution is -2.30. The topological polar surface area (TPSA) is 55.6 Å². The van der Waals surface area contributed by atoms with Crippen LogP contribution in [0.4, 0.5) is 5.69 Å². The predicted octanol–water partition coefficient (Wildman–Crippen LogP) is 6.51. The van der Waals surface area contributed by atoms with Crippen LogP contribution >= 0.6 is 11.6 Å². The molecule has 4 nitrogen and oxygen atoms in total. The first-order valence-electron chi connectivity index (χ1n) is 10.9. The van der Waals surface area contributed by atoms with Gasteiger partial charge in [-0.25, -0.2) is 0 Å². The van der Waals surface area contributed by atoms with E-state index in [0.29, 0.717) is 23.9 Å². The number of nitrogens with zero attached hydrogens (tertiary/aromatic N) is 1. The van der Waals surface area contributed by atoms with Gasteiger partial charge in [0.05, 0.1) is 6.04 Å². The molecule has 1 amide bonds. The number of hydrogen-bond donors (Lipinski definition) is 1. The Labute approximate surface area is 195 Å². The summed E-state index contributed by atoms with van der Waals surface area (Å²) in [5.74, 6) is 0.791. The van der Waals surface area contributed by atoms with Gasteiger partial charge in [0.1, 0.15) is 12.4 Å². The van der Waals surface area contributed by atoms with Crippen LogP contribution in [0, 0.1) is 0 Å². The number of carbonyl (C=O) groups is 1. The third-order valence-corrected chi connectivity index (χ3v) is 5.56. The summed E-state index contributed by atoms with van der Waals surface area (Å²) in [5, 5.41) is 0.648. The Morgan fingerprint density at radius 3 is 2.47 bits per heavy atom. The van der Waals surface area contributed by atoms with Crippen LogP contribution in [0.1, 0.15) is 43.0 Å². The maximum Gasteiger partial charge on any atom is 0.210 e. The standard InChI is InChI=1S/C25H23ClN2O2.C2H6/c26-21-8-11-24(27)23(15-21)20-12-13-28(17-29)25(14-20)19-6-9-22(10-7-19)30-16-18-4-2-1-3-5-18;1-2/h1-11,14-15,17,25H,12-13,16,27H2;1-2H3. The zero-order valence-corrected chi connectivity index (χ0v) is 19.3. The second-order valence-corrected chi connectivity index (χ2v) is 7.74. The number of nitrogens with two attached hydrogens (primary N) is 1. The minimum atomic E-state index is -0.159. The molecule has 1 aliphatic heterocycles. The second-order valence-electron chi connectivity index (χ2n) is 7.30. The van der Waals surface area contributed by atoms with Gasteiger partial charge >= 0.3 is 0 Å². The van der Waals surface area contributed by atoms with Gasteiger partial charge in [-0.1, -0.05) is 74.0 Å². The molecule has 0 spiro atoms. The van der Waals surface area contributed by atoms with Crippen molar-refractivity contribution in [1.29, 1.82) is 0 Å². The Morgan fingerprint density at radius 2 is 1.78 bits per heavy atom. The van der Waals surface area contributed by atoms with E-state index in [1.807, 2.05) is 80.6 Å². The van der Waals surface area contributed by atoms with Crippen molar-refractivity contribution in [2.45, 2.75) is 32.9 Å². The van der Waals surface area contributed by atoms with Crippen molar-refractivity contribution < 1.29 is 9.53 Å². The number of ether oxygens (including phenoxy) is 1. The van der Waals surface area contributed by atoms with Crippen molar-refractivity contribution in [3.05, 3.63) is 101 Å². The number of nitrogen functional groups attached to an aromatic ring is 1. The summed E-state index contributed by atoms with van der Waals surface area (Å²) in [7, 11) is 0. The molecular weight excluding hydrogens is 420 g/mol. The van der Waals surface area contributed by atoms with Crippen molar-refractivity contribution in [2.24, 2.45) is 0 Å². The van der Waals surface area contributed by atoms with Crippen LogP contribution in [0.3, 0.4) is 0 Å². The fraction of sp³-hybridized carbons (Fsp3) is 0.222. The van der Waals surface area contributed by atoms with Gasteiger partial charge in [0.2, 0.25) is 6.41 Å². The van der Waals surface area contributed by atoms with Crippen LogP contribution in [0.5, 0.6) is 5.75 Å². The van der Waals surface area contributed by atoms with Gasteiger partial charge in [-0.15, -0.1) is 0 Å². The monoisotopic (exact) mass is 448 g/mol. The number of benzene rings is 3. The van der Waals surface area contributed by atoms with E-state index in [0.717, 1.165) is 40.8 Å². The lowest BCUT2D eigenvalue weighted by molar-refractivity contribution is -0.119. The van der Waals surface area contributed by atoms with Gasteiger partial charge in [-0.3, -0.25) is 4.79 Å². The number of hydrogen-bond acceptors (Lipinski definition) is 3. The summed E-state index contributed by atoms with van der Waals surface area (Å²) in [4.78, 5) is 13.5. The van der Waals surface area contributed by atoms with E-state index in [4.69, 9.17) is 22.1 Å². The molecule has 3 aromatic carbocycles. The van der Waals surface area contributed by atoms with E-state index in [-0.39, 0.29) is 6.04 Å². The molecule has 32 heavy (non-hydrogen) atoms. The molecule has 1 unspecified atom stereocenters. The molecule has 5 heteroatoms. The van der Waals surface area contributed by atoms with Crippen LogP contribution in [-0.4, -0.2) is 17.9 Å². The molecule has 0 fully saturated rings. The van der Waals surface area contributed by atoms with Gasteiger partial charge in [-0.2, -0.15) is 0 Å². The lowest BCUT2D eigenvalue weighted by Gasteiger charge is -2.32. The molecule has 0 saturated heterocycles. The Morgan fingerprint density at radius 1 is 1.06 bits per heavy atom. The fourth-order valence-corrected chi connectivity index (χ4v) is 3.87. The second kappa shape index (κ2) is 11.4. The number of anilines is 1. The van der Waals surface area contributed by atoms with Crippen molar-refractivity contribution in [2.75, 3.05) is 12.3 Å². The van der Waals surface area contributed by atoms with Crippen LogP contribution < -0.4 is 10.5 Å². The Kier molecular flexibility index (Phi) is 8.34. The van der Waals surface area contributed by atoms with Crippen molar-refractivity contribution in [3.63, 3.8) is 0 Å². The summed E-state index contributed by atoms with van der Waals surface area (Å²) >= 11 is 6.17. The molecular formula is C27H29ClN2O2. The maximum atomic E-state index is 11.7. The van der Waals surface area contributed by atoms with Crippen molar-refractivity contribution >= 4 is 29.3 Å². The lowest BCUT2D eigenvalue weighted by atomic mass is 9.92. The third-order valence-electron chi connectivity index (χ3n) is 5.32. The highest BCUT2D eigenvalue weighted by molar-refractivity contribution is 6.30. The highest BCUT2D eigenvalue weighted by Gasteiger charge is 2.24. The van der Waals surface area contributed by atoms with Gasteiger partial charge < -0.3 is 15.4 Å². The average Bonchev–Trinajstić information content (AvgIpc) is 2.86. The van der Waals surface area contributed by atoms with Crippen molar-refractivity contribution in [3.8, 4) is 5.75 Å². The number of carbonyl (C=O) groups excluding carboxylic acids is 1. The van der Waals surface area contributed by atoms with Gasteiger partial charge in [0.15, 0.2) is 0 Å². The number of rotatable bonds is 6. The molecule has 166 valence electrons. The predicted molar refractivity (Wildman–Crippen MR) is 133 cm³/mol. The number of amides is 1. The minimum absolute atomic E-state index is 0.159. The molecule has 0 bridgehead atoms. The fourth-order valence-electron chi connectivity index (χ4n) is 3.70. The summed E-state index contributed by atoms with van der Waals surface area (Å²) in [6.45, 7) is 5.14. The molecule has 4 rings (SSSR count). The zero-order chi connectivity index (χ0) is 22.9. The molecule has 0 aliphatic carbocycles. The van der Waals surface area contributed by atoms with E-state index in [1.54, 1.807) is 11.0 Å². The van der Waals surface area contributed by atoms with Gasteiger partial charge in [-0.05, 0) is 53.5 Å². The largest absolute Gasteiger partial charge is 0.489 e. The average molecular weight is 449 g/mol. The minimum Gasteiger partial charge on any atom is -0.489 e. The molecule has 1 heterocycles. The zero-order valence-electron chi connectivity index (χ0n) is 18.5. The highest BCUT2D eigenvalue weighted by atomic mass is 35.5. The first-order chi connectivity index (χ1) is 15.6. The van der Waals surface area contributed by atoms with Crippen molar-refractivity contribution in [1.82, 2.24) is 4.90 Å². The quantitative estimate of drug-likeness (QED) is 0.345. The smallest absolute Gasteiger partial charge is 0.210 e. The molecule has 0 saturated carbocycles. The van der Waals surface area contributed by atoms with Gasteiger partial charge in [0, 0.05) is 22.8 Å². The Hall–Kier alpha value is -3.24. The first-order valence-corrected chi connectivity index (χ1v) is 11.3. The van der Waals surface area contributed by atoms with E-state index < -0.39 is 0 Å². The number of halogens is 1. The van der Waals surface area contributed by atoms with Crippen LogP contribution in [0.2, 0.25) is 5.02 Å². The highest BCUT2D eigenvalue weighted by Crippen LogP contribution is 2.36. The third kappa shape index (κ3) is 5.71. The maximum absolute atomic E-state index is 11.7. The SMILES string of the molecule is CC.Nc1ccc(Cl)cc1C1=CC(c2ccc(OCc3ccccc3)cc2)N(C=O)CC1. The first kappa shape index (κ1) is 23.4. The van der Waals surface area contributed by atoms with Gasteiger partial charge in [0.25, 0.3) is 0 Å². The van der Waals surface area contributed by atoms with E-state index >= 15 is 0 Å². The summed E-state index contributed by atoms with van der Waals surface area (Å²) in [5.41, 5.74) is 11.0.